The molecule has 2 aromatic carbocycles. The largest absolute Gasteiger partial charge is 0.497 e. The van der Waals surface area contributed by atoms with Gasteiger partial charge in [0.25, 0.3) is 5.91 Å². The van der Waals surface area contributed by atoms with Gasteiger partial charge in [-0.25, -0.2) is 4.39 Å². The van der Waals surface area contributed by atoms with Crippen LogP contribution in [-0.4, -0.2) is 66.3 Å². The van der Waals surface area contributed by atoms with Gasteiger partial charge in [0.15, 0.2) is 5.11 Å². The zero-order valence-corrected chi connectivity index (χ0v) is 19.7. The maximum Gasteiger partial charge on any atom is 0.254 e. The van der Waals surface area contributed by atoms with Crippen molar-refractivity contribution in [2.45, 2.75) is 37.8 Å². The third kappa shape index (κ3) is 6.00. The minimum atomic E-state index is -0.286. The van der Waals surface area contributed by atoms with Crippen LogP contribution in [0, 0.1) is 5.82 Å². The Balaban J connectivity index is 1.42. The number of carbonyl (C=O) groups excluding carboxylic acids is 1. The number of carbonyl (C=O) groups is 1. The van der Waals surface area contributed by atoms with Gasteiger partial charge in [0, 0.05) is 36.9 Å². The molecule has 33 heavy (non-hydrogen) atoms. The Morgan fingerprint density at radius 3 is 2.55 bits per heavy atom. The number of rotatable bonds is 6. The molecule has 1 aliphatic carbocycles. The molecule has 2 aromatic rings. The number of nitrogens with one attached hydrogen (secondary N) is 1. The minimum Gasteiger partial charge on any atom is -0.497 e. The number of benzene rings is 2. The summed E-state index contributed by atoms with van der Waals surface area (Å²) in [7, 11) is 1.61. The van der Waals surface area contributed by atoms with E-state index in [0.717, 1.165) is 37.1 Å². The first-order valence-electron chi connectivity index (χ1n) is 11.4. The lowest BCUT2D eigenvalue weighted by molar-refractivity contribution is -0.0255. The summed E-state index contributed by atoms with van der Waals surface area (Å²) in [6, 6.07) is 13.6. The van der Waals surface area contributed by atoms with Gasteiger partial charge in [-0.3, -0.25) is 4.79 Å². The molecule has 0 radical (unpaired) electrons. The fraction of sp³-hybridized carbons (Fsp3) is 0.440. The Kier molecular flexibility index (Phi) is 7.77. The highest BCUT2D eigenvalue weighted by atomic mass is 32.1. The normalized spacial score (nSPS) is 18.7. The molecule has 8 heteroatoms. The van der Waals surface area contributed by atoms with Crippen molar-refractivity contribution in [3.8, 4) is 5.75 Å². The number of anilines is 1. The van der Waals surface area contributed by atoms with E-state index in [9.17, 15) is 9.18 Å². The first kappa shape index (κ1) is 23.4. The van der Waals surface area contributed by atoms with Gasteiger partial charge in [-0.15, -0.1) is 0 Å². The molecule has 1 saturated heterocycles. The highest BCUT2D eigenvalue weighted by molar-refractivity contribution is 7.80. The minimum absolute atomic E-state index is 0.0253. The van der Waals surface area contributed by atoms with E-state index < -0.39 is 0 Å². The van der Waals surface area contributed by atoms with E-state index in [1.165, 1.54) is 12.1 Å². The van der Waals surface area contributed by atoms with Gasteiger partial charge in [-0.1, -0.05) is 12.8 Å². The van der Waals surface area contributed by atoms with Crippen LogP contribution in [0.25, 0.3) is 0 Å². The van der Waals surface area contributed by atoms with Gasteiger partial charge >= 0.3 is 0 Å². The third-order valence-electron chi connectivity index (χ3n) is 6.29. The molecule has 1 aliphatic heterocycles. The molecular weight excluding hydrogens is 441 g/mol. The number of thiocarbonyl (C=S) groups is 1. The van der Waals surface area contributed by atoms with Crippen molar-refractivity contribution in [3.05, 3.63) is 59.9 Å². The molecule has 1 N–H and O–H groups in total. The molecule has 1 amide bonds. The number of halogens is 1. The van der Waals surface area contributed by atoms with E-state index in [2.05, 4.69) is 10.2 Å². The highest BCUT2D eigenvalue weighted by Gasteiger charge is 2.32. The highest BCUT2D eigenvalue weighted by Crippen LogP contribution is 2.26. The molecule has 0 spiro atoms. The standard InChI is InChI=1S/C25H30FN3O3S/c1-31-22-12-6-18(7-13-22)24(30)29(21-4-2-3-5-21)17-23-16-28(14-15-32-23)25(33)27-20-10-8-19(26)9-11-20/h6-13,21,23H,2-5,14-17H2,1H3,(H,27,33). The van der Waals surface area contributed by atoms with E-state index in [1.54, 1.807) is 19.2 Å². The molecule has 0 bridgehead atoms. The van der Waals surface area contributed by atoms with Crippen LogP contribution in [0.3, 0.4) is 0 Å². The average Bonchev–Trinajstić information content (AvgIpc) is 3.38. The van der Waals surface area contributed by atoms with E-state index in [1.807, 2.05) is 29.2 Å². The van der Waals surface area contributed by atoms with Crippen LogP contribution in [0.1, 0.15) is 36.0 Å². The smallest absolute Gasteiger partial charge is 0.254 e. The summed E-state index contributed by atoms with van der Waals surface area (Å²) in [5.41, 5.74) is 1.40. The zero-order chi connectivity index (χ0) is 23.2. The van der Waals surface area contributed by atoms with Crippen LogP contribution < -0.4 is 10.1 Å². The van der Waals surface area contributed by atoms with Crippen LogP contribution in [0.2, 0.25) is 0 Å². The second kappa shape index (κ2) is 10.9. The molecule has 1 saturated carbocycles. The first-order chi connectivity index (χ1) is 16.0. The lowest BCUT2D eigenvalue weighted by Crippen LogP contribution is -2.53. The number of hydrogen-bond donors (Lipinski definition) is 1. The summed E-state index contributed by atoms with van der Waals surface area (Å²) in [5, 5.41) is 3.74. The van der Waals surface area contributed by atoms with Crippen molar-refractivity contribution in [2.24, 2.45) is 0 Å². The molecule has 176 valence electrons. The summed E-state index contributed by atoms with van der Waals surface area (Å²) >= 11 is 5.59. The van der Waals surface area contributed by atoms with Gasteiger partial charge in [0.1, 0.15) is 11.6 Å². The van der Waals surface area contributed by atoms with Crippen LogP contribution >= 0.6 is 12.2 Å². The Hall–Kier alpha value is -2.71. The van der Waals surface area contributed by atoms with Gasteiger partial charge in [-0.2, -0.15) is 0 Å². The maximum absolute atomic E-state index is 13.4. The second-order valence-corrected chi connectivity index (χ2v) is 8.89. The fourth-order valence-electron chi connectivity index (χ4n) is 4.48. The predicted molar refractivity (Wildman–Crippen MR) is 130 cm³/mol. The fourth-order valence-corrected chi connectivity index (χ4v) is 4.77. The SMILES string of the molecule is COc1ccc(C(=O)N(CC2CN(C(=S)Nc3ccc(F)cc3)CCO2)C2CCCC2)cc1. The number of morpholine rings is 1. The molecule has 6 nitrogen and oxygen atoms in total. The van der Waals surface area contributed by atoms with Crippen molar-refractivity contribution < 1.29 is 18.7 Å². The van der Waals surface area contributed by atoms with Crippen molar-refractivity contribution in [3.63, 3.8) is 0 Å². The van der Waals surface area contributed by atoms with Gasteiger partial charge in [0.2, 0.25) is 0 Å². The summed E-state index contributed by atoms with van der Waals surface area (Å²) in [6.45, 7) is 2.31. The molecule has 1 unspecified atom stereocenters. The zero-order valence-electron chi connectivity index (χ0n) is 18.8. The summed E-state index contributed by atoms with van der Waals surface area (Å²) in [6.07, 6.45) is 4.17. The molecule has 1 atom stereocenters. The van der Waals surface area contributed by atoms with Crippen LogP contribution in [-0.2, 0) is 4.74 Å². The van der Waals surface area contributed by atoms with Crippen LogP contribution in [0.15, 0.2) is 48.5 Å². The topological polar surface area (TPSA) is 54.0 Å². The Morgan fingerprint density at radius 2 is 1.88 bits per heavy atom. The molecule has 0 aromatic heterocycles. The maximum atomic E-state index is 13.4. The lowest BCUT2D eigenvalue weighted by Gasteiger charge is -2.38. The number of nitrogens with zero attached hydrogens (tertiary/aromatic N) is 2. The quantitative estimate of drug-likeness (QED) is 0.634. The van der Waals surface area contributed by atoms with E-state index in [-0.39, 0.29) is 23.9 Å². The Bertz CT molecular complexity index is 948. The lowest BCUT2D eigenvalue weighted by atomic mass is 10.1. The summed E-state index contributed by atoms with van der Waals surface area (Å²) in [4.78, 5) is 17.5. The number of ether oxygens (including phenoxy) is 2. The van der Waals surface area contributed by atoms with E-state index in [0.29, 0.717) is 36.9 Å². The Morgan fingerprint density at radius 1 is 1.18 bits per heavy atom. The Labute approximate surface area is 199 Å². The molecule has 4 rings (SSSR count). The average molecular weight is 472 g/mol. The van der Waals surface area contributed by atoms with Crippen molar-refractivity contribution in [1.82, 2.24) is 9.80 Å². The van der Waals surface area contributed by atoms with Gasteiger partial charge in [-0.05, 0) is 73.6 Å². The predicted octanol–water partition coefficient (Wildman–Crippen LogP) is 4.32. The van der Waals surface area contributed by atoms with Crippen LogP contribution in [0.4, 0.5) is 10.1 Å². The summed E-state index contributed by atoms with van der Waals surface area (Å²) < 4.78 is 24.4. The number of amides is 1. The van der Waals surface area contributed by atoms with E-state index in [4.69, 9.17) is 21.7 Å². The van der Waals surface area contributed by atoms with E-state index >= 15 is 0 Å². The monoisotopic (exact) mass is 471 g/mol. The van der Waals surface area contributed by atoms with Gasteiger partial charge in [0.05, 0.1) is 19.8 Å². The van der Waals surface area contributed by atoms with Crippen molar-refractivity contribution in [2.75, 3.05) is 38.7 Å². The third-order valence-corrected chi connectivity index (χ3v) is 6.65. The van der Waals surface area contributed by atoms with Crippen molar-refractivity contribution in [1.29, 1.82) is 0 Å². The molecular formula is C25H30FN3O3S. The first-order valence-corrected chi connectivity index (χ1v) is 11.8. The molecule has 1 heterocycles. The van der Waals surface area contributed by atoms with Crippen molar-refractivity contribution >= 4 is 28.9 Å². The molecule has 2 aliphatic rings. The second-order valence-electron chi connectivity index (χ2n) is 8.50. The molecule has 2 fully saturated rings. The number of hydrogen-bond acceptors (Lipinski definition) is 4. The summed E-state index contributed by atoms with van der Waals surface area (Å²) in [5.74, 6) is 0.469. The van der Waals surface area contributed by atoms with Gasteiger partial charge < -0.3 is 24.6 Å². The van der Waals surface area contributed by atoms with Crippen LogP contribution in [0.5, 0.6) is 5.75 Å². The number of methoxy groups -OCH3 is 1.